The second kappa shape index (κ2) is 6.39. The Kier molecular flexibility index (Phi) is 4.80. The third kappa shape index (κ3) is 3.20. The van der Waals surface area contributed by atoms with Crippen LogP contribution in [0.3, 0.4) is 0 Å². The van der Waals surface area contributed by atoms with Gasteiger partial charge in [0.2, 0.25) is 0 Å². The van der Waals surface area contributed by atoms with Gasteiger partial charge in [0, 0.05) is 5.46 Å². The van der Waals surface area contributed by atoms with E-state index in [4.69, 9.17) is 4.74 Å². The van der Waals surface area contributed by atoms with Gasteiger partial charge in [-0.1, -0.05) is 36.4 Å². The summed E-state index contributed by atoms with van der Waals surface area (Å²) in [6.45, 7) is 1.92. The number of rotatable bonds is 4. The van der Waals surface area contributed by atoms with Crippen LogP contribution in [0.1, 0.15) is 11.1 Å². The van der Waals surface area contributed by atoms with Crippen LogP contribution < -0.4 is 10.2 Å². The fourth-order valence-electron chi connectivity index (χ4n) is 1.81. The van der Waals surface area contributed by atoms with Gasteiger partial charge in [0.25, 0.3) is 0 Å². The van der Waals surface area contributed by atoms with Gasteiger partial charge < -0.3 is 14.8 Å². The van der Waals surface area contributed by atoms with Crippen LogP contribution in [0.15, 0.2) is 40.9 Å². The van der Waals surface area contributed by atoms with Crippen molar-refractivity contribution in [2.45, 2.75) is 13.5 Å². The predicted octanol–water partition coefficient (Wildman–Crippen LogP) is 2.16. The Labute approximate surface area is 125 Å². The van der Waals surface area contributed by atoms with Crippen molar-refractivity contribution in [3.05, 3.63) is 57.8 Å². The number of hydrogen-bond donors (Lipinski definition) is 2. The van der Waals surface area contributed by atoms with Gasteiger partial charge in [0.1, 0.15) is 6.61 Å². The average molecular weight is 339 g/mol. The highest BCUT2D eigenvalue weighted by Gasteiger charge is 2.23. The molecular formula is C14H13BBrFO3. The summed E-state index contributed by atoms with van der Waals surface area (Å²) in [5, 5.41) is 18.3. The number of aryl methyl sites for hydroxylation is 1. The largest absolute Gasteiger partial charge is 0.491 e. The number of benzene rings is 2. The van der Waals surface area contributed by atoms with E-state index < -0.39 is 12.9 Å². The molecule has 0 radical (unpaired) electrons. The maximum Gasteiger partial charge on any atom is 0.491 e. The number of halogens is 2. The van der Waals surface area contributed by atoms with Gasteiger partial charge in [-0.05, 0) is 34.0 Å². The molecule has 0 unspecified atom stereocenters. The molecular weight excluding hydrogens is 326 g/mol. The molecule has 6 heteroatoms. The van der Waals surface area contributed by atoms with Crippen LogP contribution in [0.2, 0.25) is 0 Å². The highest BCUT2D eigenvalue weighted by molar-refractivity contribution is 9.10. The van der Waals surface area contributed by atoms with E-state index >= 15 is 0 Å². The number of ether oxygens (including phenoxy) is 1. The average Bonchev–Trinajstić information content (AvgIpc) is 2.43. The van der Waals surface area contributed by atoms with Crippen LogP contribution >= 0.6 is 15.9 Å². The van der Waals surface area contributed by atoms with Crippen LogP contribution in [-0.4, -0.2) is 17.2 Å². The lowest BCUT2D eigenvalue weighted by Crippen LogP contribution is -2.33. The van der Waals surface area contributed by atoms with Crippen LogP contribution in [0, 0.1) is 12.7 Å². The molecule has 0 bridgehead atoms. The minimum absolute atomic E-state index is 0.0167. The summed E-state index contributed by atoms with van der Waals surface area (Å²) in [5.41, 5.74) is 1.36. The van der Waals surface area contributed by atoms with E-state index in [0.717, 1.165) is 5.56 Å². The molecule has 0 amide bonds. The van der Waals surface area contributed by atoms with Crippen molar-refractivity contribution in [1.29, 1.82) is 0 Å². The molecule has 2 aromatic carbocycles. The van der Waals surface area contributed by atoms with E-state index in [1.165, 1.54) is 6.07 Å². The first-order chi connectivity index (χ1) is 9.50. The van der Waals surface area contributed by atoms with Crippen molar-refractivity contribution in [3.8, 4) is 5.75 Å². The standard InChI is InChI=1S/C14H13BBrFO3/c1-9-7-11(15(18)19)13(17)14(12(9)16)20-8-10-5-3-2-4-6-10/h2-7,18-19H,8H2,1H3. The molecule has 0 saturated carbocycles. The Morgan fingerprint density at radius 1 is 1.25 bits per heavy atom. The Bertz CT molecular complexity index is 605. The van der Waals surface area contributed by atoms with Gasteiger partial charge in [0.15, 0.2) is 11.6 Å². The van der Waals surface area contributed by atoms with Crippen LogP contribution in [0.25, 0.3) is 0 Å². The molecule has 0 spiro atoms. The minimum atomic E-state index is -1.87. The van der Waals surface area contributed by atoms with Crippen molar-refractivity contribution in [1.82, 2.24) is 0 Å². The summed E-state index contributed by atoms with van der Waals surface area (Å²) in [6, 6.07) is 10.7. The highest BCUT2D eigenvalue weighted by Crippen LogP contribution is 2.31. The van der Waals surface area contributed by atoms with E-state index in [2.05, 4.69) is 15.9 Å². The summed E-state index contributed by atoms with van der Waals surface area (Å²) in [5.74, 6) is -0.787. The lowest BCUT2D eigenvalue weighted by molar-refractivity contribution is 0.288. The van der Waals surface area contributed by atoms with Crippen molar-refractivity contribution in [2.24, 2.45) is 0 Å². The Morgan fingerprint density at radius 3 is 2.50 bits per heavy atom. The molecule has 0 fully saturated rings. The fraction of sp³-hybridized carbons (Fsp3) is 0.143. The molecule has 20 heavy (non-hydrogen) atoms. The summed E-state index contributed by atoms with van der Waals surface area (Å²) in [4.78, 5) is 0. The predicted molar refractivity (Wildman–Crippen MR) is 79.4 cm³/mol. The summed E-state index contributed by atoms with van der Waals surface area (Å²) in [6.07, 6.45) is 0. The van der Waals surface area contributed by atoms with Crippen molar-refractivity contribution in [3.63, 3.8) is 0 Å². The number of hydrogen-bond acceptors (Lipinski definition) is 3. The third-order valence-electron chi connectivity index (χ3n) is 2.87. The molecule has 0 heterocycles. The van der Waals surface area contributed by atoms with Crippen molar-refractivity contribution >= 4 is 28.5 Å². The topological polar surface area (TPSA) is 49.7 Å². The summed E-state index contributed by atoms with van der Waals surface area (Å²) >= 11 is 3.26. The van der Waals surface area contributed by atoms with Gasteiger partial charge in [0.05, 0.1) is 4.47 Å². The van der Waals surface area contributed by atoms with Gasteiger partial charge >= 0.3 is 7.12 Å². The summed E-state index contributed by atoms with van der Waals surface area (Å²) < 4.78 is 20.1. The molecule has 0 atom stereocenters. The Balaban J connectivity index is 2.31. The first kappa shape index (κ1) is 15.0. The first-order valence-corrected chi connectivity index (χ1v) is 6.81. The SMILES string of the molecule is Cc1cc(B(O)O)c(F)c(OCc2ccccc2)c1Br. The molecule has 0 aliphatic carbocycles. The van der Waals surface area contributed by atoms with E-state index in [0.29, 0.717) is 10.0 Å². The zero-order valence-corrected chi connectivity index (χ0v) is 12.4. The molecule has 2 rings (SSSR count). The van der Waals surface area contributed by atoms with E-state index in [1.54, 1.807) is 6.92 Å². The molecule has 104 valence electrons. The quantitative estimate of drug-likeness (QED) is 0.840. The first-order valence-electron chi connectivity index (χ1n) is 6.02. The molecule has 0 aliphatic heterocycles. The van der Waals surface area contributed by atoms with Gasteiger partial charge in [-0.2, -0.15) is 0 Å². The normalized spacial score (nSPS) is 10.4. The smallest absolute Gasteiger partial charge is 0.485 e. The third-order valence-corrected chi connectivity index (χ3v) is 3.86. The van der Waals surface area contributed by atoms with E-state index in [1.807, 2.05) is 30.3 Å². The maximum absolute atomic E-state index is 14.2. The van der Waals surface area contributed by atoms with E-state index in [9.17, 15) is 14.4 Å². The molecule has 0 aliphatic rings. The Morgan fingerprint density at radius 2 is 1.90 bits per heavy atom. The highest BCUT2D eigenvalue weighted by atomic mass is 79.9. The van der Waals surface area contributed by atoms with Crippen molar-refractivity contribution in [2.75, 3.05) is 0 Å². The molecule has 3 nitrogen and oxygen atoms in total. The van der Waals surface area contributed by atoms with Gasteiger partial charge in [-0.3, -0.25) is 0 Å². The van der Waals surface area contributed by atoms with Crippen molar-refractivity contribution < 1.29 is 19.2 Å². The summed E-state index contributed by atoms with van der Waals surface area (Å²) in [7, 11) is -1.87. The zero-order chi connectivity index (χ0) is 14.7. The van der Waals surface area contributed by atoms with E-state index in [-0.39, 0.29) is 17.8 Å². The van der Waals surface area contributed by atoms with Gasteiger partial charge in [-0.15, -0.1) is 0 Å². The maximum atomic E-state index is 14.2. The Hall–Kier alpha value is -1.37. The molecule has 0 saturated heterocycles. The molecule has 0 aromatic heterocycles. The van der Waals surface area contributed by atoms with Gasteiger partial charge in [-0.25, -0.2) is 4.39 Å². The van der Waals surface area contributed by atoms with Crippen LogP contribution in [0.4, 0.5) is 4.39 Å². The lowest BCUT2D eigenvalue weighted by Gasteiger charge is -2.14. The monoisotopic (exact) mass is 338 g/mol. The van der Waals surface area contributed by atoms with Crippen LogP contribution in [-0.2, 0) is 6.61 Å². The fourth-order valence-corrected chi connectivity index (χ4v) is 2.21. The zero-order valence-electron chi connectivity index (χ0n) is 10.8. The molecule has 2 N–H and O–H groups in total. The minimum Gasteiger partial charge on any atom is -0.485 e. The van der Waals surface area contributed by atoms with Crippen LogP contribution in [0.5, 0.6) is 5.75 Å². The molecule has 2 aromatic rings. The second-order valence-corrected chi connectivity index (χ2v) is 5.18. The lowest BCUT2D eigenvalue weighted by atomic mass is 9.79. The second-order valence-electron chi connectivity index (χ2n) is 4.39.